The zero-order chi connectivity index (χ0) is 31.4. The van der Waals surface area contributed by atoms with Gasteiger partial charge in [0.05, 0.1) is 11.4 Å². The van der Waals surface area contributed by atoms with Gasteiger partial charge in [-0.3, -0.25) is 9.59 Å². The van der Waals surface area contributed by atoms with Crippen LogP contribution < -0.4 is 0 Å². The van der Waals surface area contributed by atoms with Crippen molar-refractivity contribution in [1.82, 2.24) is 0 Å². The smallest absolute Gasteiger partial charge is 0.173 e. The van der Waals surface area contributed by atoms with E-state index in [2.05, 4.69) is 103 Å². The van der Waals surface area contributed by atoms with Crippen molar-refractivity contribution >= 4 is 51.0 Å². The summed E-state index contributed by atoms with van der Waals surface area (Å²) in [6, 6.07) is 27.1. The summed E-state index contributed by atoms with van der Waals surface area (Å²) < 4.78 is 0. The second kappa shape index (κ2) is 17.1. The quantitative estimate of drug-likeness (QED) is 0.146. The van der Waals surface area contributed by atoms with Crippen LogP contribution >= 0.6 is 39.5 Å². The number of hydrogen-bond donors (Lipinski definition) is 0. The van der Waals surface area contributed by atoms with Crippen LogP contribution in [0, 0.1) is 52.9 Å². The SMILES string of the molecule is CC#N.CC(=O)c1c(C)cc(Sc2ccc(C)cc2)cc1C.Cc1ccc(Sc2cc(C)c(C(=O)CBr)c(C)c2)cc1. The van der Waals surface area contributed by atoms with Crippen LogP contribution in [0.15, 0.2) is 92.4 Å². The Morgan fingerprint density at radius 1 is 0.643 bits per heavy atom. The van der Waals surface area contributed by atoms with Gasteiger partial charge < -0.3 is 0 Å². The Bertz CT molecular complexity index is 1520. The van der Waals surface area contributed by atoms with E-state index in [1.54, 1.807) is 36.5 Å². The normalized spacial score (nSPS) is 10.0. The van der Waals surface area contributed by atoms with Gasteiger partial charge in [-0.1, -0.05) is 74.8 Å². The topological polar surface area (TPSA) is 57.9 Å². The van der Waals surface area contributed by atoms with Crippen LogP contribution in [0.1, 0.15) is 67.9 Å². The van der Waals surface area contributed by atoms with E-state index in [0.717, 1.165) is 33.4 Å². The lowest BCUT2D eigenvalue weighted by atomic mass is 10.00. The Morgan fingerprint density at radius 3 is 1.24 bits per heavy atom. The maximum absolute atomic E-state index is 11.9. The summed E-state index contributed by atoms with van der Waals surface area (Å²) >= 11 is 6.71. The number of hydrogen-bond acceptors (Lipinski definition) is 5. The summed E-state index contributed by atoms with van der Waals surface area (Å²) in [7, 11) is 0. The summed E-state index contributed by atoms with van der Waals surface area (Å²) in [6.07, 6.45) is 0. The fraction of sp³-hybridized carbons (Fsp3) is 0.250. The van der Waals surface area contributed by atoms with Crippen molar-refractivity contribution in [1.29, 1.82) is 5.26 Å². The maximum Gasteiger partial charge on any atom is 0.173 e. The molecule has 0 amide bonds. The van der Waals surface area contributed by atoms with E-state index in [-0.39, 0.29) is 11.6 Å². The van der Waals surface area contributed by atoms with E-state index in [4.69, 9.17) is 5.26 Å². The van der Waals surface area contributed by atoms with Crippen LogP contribution in [0.3, 0.4) is 0 Å². The van der Waals surface area contributed by atoms with Gasteiger partial charge in [-0.15, -0.1) is 0 Å². The van der Waals surface area contributed by atoms with Crippen molar-refractivity contribution in [2.45, 2.75) is 75.0 Å². The molecule has 0 fully saturated rings. The molecule has 0 atom stereocenters. The first kappa shape index (κ1) is 35.1. The molecule has 218 valence electrons. The molecule has 4 aromatic carbocycles. The Morgan fingerprint density at radius 2 is 0.952 bits per heavy atom. The molecule has 0 spiro atoms. The molecule has 0 heterocycles. The molecule has 0 saturated carbocycles. The molecule has 4 rings (SSSR count). The Kier molecular flexibility index (Phi) is 14.3. The van der Waals surface area contributed by atoms with Gasteiger partial charge in [0.1, 0.15) is 0 Å². The second-order valence-electron chi connectivity index (χ2n) is 10.0. The first-order valence-electron chi connectivity index (χ1n) is 13.5. The molecule has 0 aliphatic heterocycles. The van der Waals surface area contributed by atoms with Crippen LogP contribution in [0.4, 0.5) is 0 Å². The van der Waals surface area contributed by atoms with Gasteiger partial charge >= 0.3 is 0 Å². The minimum Gasteiger partial charge on any atom is -0.294 e. The van der Waals surface area contributed by atoms with Crippen LogP contribution in [0.2, 0.25) is 0 Å². The largest absolute Gasteiger partial charge is 0.294 e. The van der Waals surface area contributed by atoms with E-state index in [1.165, 1.54) is 37.6 Å². The molecule has 42 heavy (non-hydrogen) atoms. The molecule has 3 nitrogen and oxygen atoms in total. The number of carbonyl (C=O) groups excluding carboxylic acids is 2. The highest BCUT2D eigenvalue weighted by Crippen LogP contribution is 2.32. The molecule has 6 heteroatoms. The van der Waals surface area contributed by atoms with E-state index in [1.807, 2.05) is 27.7 Å². The number of nitriles is 1. The van der Waals surface area contributed by atoms with Crippen LogP contribution in [-0.2, 0) is 0 Å². The number of benzene rings is 4. The molecule has 0 aliphatic carbocycles. The third-order valence-electron chi connectivity index (χ3n) is 6.28. The molecular formula is C36H38BrNO2S2. The molecule has 0 aromatic heterocycles. The Hall–Kier alpha value is -3.11. The van der Waals surface area contributed by atoms with Gasteiger partial charge in [-0.2, -0.15) is 5.26 Å². The highest BCUT2D eigenvalue weighted by Gasteiger charge is 2.13. The lowest BCUT2D eigenvalue weighted by Gasteiger charge is -2.11. The highest BCUT2D eigenvalue weighted by molar-refractivity contribution is 9.09. The van der Waals surface area contributed by atoms with Crippen molar-refractivity contribution in [3.63, 3.8) is 0 Å². The van der Waals surface area contributed by atoms with Crippen molar-refractivity contribution in [3.8, 4) is 6.07 Å². The summed E-state index contributed by atoms with van der Waals surface area (Å²) in [5, 5.41) is 7.69. The lowest BCUT2D eigenvalue weighted by Crippen LogP contribution is -2.05. The first-order chi connectivity index (χ1) is 19.9. The third kappa shape index (κ3) is 10.6. The van der Waals surface area contributed by atoms with Crippen LogP contribution in [-0.4, -0.2) is 16.9 Å². The fourth-order valence-corrected chi connectivity index (χ4v) is 6.82. The van der Waals surface area contributed by atoms with Gasteiger partial charge in [0.15, 0.2) is 11.6 Å². The number of Topliss-reactive ketones (excluding diaryl/α,β-unsaturated/α-hetero) is 2. The number of halogens is 1. The average molecular weight is 661 g/mol. The summed E-state index contributed by atoms with van der Waals surface area (Å²) in [6.45, 7) is 15.2. The van der Waals surface area contributed by atoms with Crippen molar-refractivity contribution in [3.05, 3.63) is 117 Å². The summed E-state index contributed by atoms with van der Waals surface area (Å²) in [4.78, 5) is 28.3. The minimum absolute atomic E-state index is 0.141. The Labute approximate surface area is 268 Å². The van der Waals surface area contributed by atoms with Gasteiger partial charge in [0.2, 0.25) is 0 Å². The monoisotopic (exact) mass is 659 g/mol. The standard InChI is InChI=1S/C17H17BrOS.C17H18OS.C2H3N/c1-11-4-6-14(7-5-11)20-15-8-12(2)17(13(3)9-15)16(19)10-18;1-11-5-7-15(8-6-11)19-16-9-12(2)17(14(4)18)13(3)10-16;1-2-3/h4-9H,10H2,1-3H3;5-10H,1-4H3;1H3. The van der Waals surface area contributed by atoms with Crippen molar-refractivity contribution < 1.29 is 9.59 Å². The minimum atomic E-state index is 0.141. The second-order valence-corrected chi connectivity index (χ2v) is 12.9. The number of rotatable bonds is 7. The maximum atomic E-state index is 11.9. The third-order valence-corrected chi connectivity index (χ3v) is 8.75. The number of alkyl halides is 1. The van der Waals surface area contributed by atoms with Crippen LogP contribution in [0.25, 0.3) is 0 Å². The highest BCUT2D eigenvalue weighted by atomic mass is 79.9. The molecule has 0 unspecified atom stereocenters. The molecule has 0 bridgehead atoms. The molecule has 0 radical (unpaired) electrons. The molecule has 0 N–H and O–H groups in total. The van der Waals surface area contributed by atoms with Crippen molar-refractivity contribution in [2.24, 2.45) is 0 Å². The molecule has 0 aliphatic rings. The summed E-state index contributed by atoms with van der Waals surface area (Å²) in [5.41, 5.74) is 8.43. The first-order valence-corrected chi connectivity index (χ1v) is 16.3. The van der Waals surface area contributed by atoms with E-state index in [0.29, 0.717) is 5.33 Å². The number of aryl methyl sites for hydroxylation is 6. The number of nitrogens with zero attached hydrogens (tertiary/aromatic N) is 1. The van der Waals surface area contributed by atoms with E-state index < -0.39 is 0 Å². The van der Waals surface area contributed by atoms with Crippen molar-refractivity contribution in [2.75, 3.05) is 5.33 Å². The van der Waals surface area contributed by atoms with Gasteiger partial charge in [-0.05, 0) is 119 Å². The lowest BCUT2D eigenvalue weighted by molar-refractivity contribution is 0.101. The van der Waals surface area contributed by atoms with Gasteiger partial charge in [0.25, 0.3) is 0 Å². The number of carbonyl (C=O) groups is 2. The summed E-state index contributed by atoms with van der Waals surface area (Å²) in [5.74, 6) is 0.286. The van der Waals surface area contributed by atoms with Gasteiger partial charge in [0, 0.05) is 37.6 Å². The predicted octanol–water partition coefficient (Wildman–Crippen LogP) is 10.8. The zero-order valence-electron chi connectivity index (χ0n) is 25.6. The van der Waals surface area contributed by atoms with E-state index >= 15 is 0 Å². The zero-order valence-corrected chi connectivity index (χ0v) is 28.8. The average Bonchev–Trinajstić information content (AvgIpc) is 2.91. The molecule has 4 aromatic rings. The van der Waals surface area contributed by atoms with Crippen LogP contribution in [0.5, 0.6) is 0 Å². The van der Waals surface area contributed by atoms with Gasteiger partial charge in [-0.25, -0.2) is 0 Å². The molecular weight excluding hydrogens is 622 g/mol. The van der Waals surface area contributed by atoms with E-state index in [9.17, 15) is 9.59 Å². The number of ketones is 2. The fourth-order valence-electron chi connectivity index (χ4n) is 4.51. The molecule has 0 saturated heterocycles. The predicted molar refractivity (Wildman–Crippen MR) is 182 cm³/mol. The Balaban J connectivity index is 0.000000269.